The Morgan fingerprint density at radius 3 is 2.18 bits per heavy atom. The summed E-state index contributed by atoms with van der Waals surface area (Å²) in [6, 6.07) is 0. The lowest BCUT2D eigenvalue weighted by atomic mass is 10.1. The van der Waals surface area contributed by atoms with Crippen molar-refractivity contribution >= 4 is 74.0 Å². The van der Waals surface area contributed by atoms with Gasteiger partial charge in [-0.05, 0) is 11.6 Å². The van der Waals surface area contributed by atoms with Crippen molar-refractivity contribution in [3.8, 4) is 0 Å². The van der Waals surface area contributed by atoms with Crippen molar-refractivity contribution in [2.75, 3.05) is 5.08 Å². The lowest BCUT2D eigenvalue weighted by Crippen LogP contribution is -1.89. The van der Waals surface area contributed by atoms with Crippen LogP contribution < -0.4 is 0 Å². The Bertz CT molecular complexity index is 573. The van der Waals surface area contributed by atoms with E-state index in [1.165, 1.54) is 9.81 Å². The van der Waals surface area contributed by atoms with Crippen molar-refractivity contribution in [2.45, 2.75) is 0 Å². The van der Waals surface area contributed by atoms with E-state index < -0.39 is 0 Å². The Labute approximate surface area is 131 Å². The van der Waals surface area contributed by atoms with Crippen LogP contribution in [0.1, 0.15) is 0 Å². The molecule has 6 heteroatoms. The number of allylic oxidation sites excluding steroid dienone is 5. The second-order valence-corrected chi connectivity index (χ2v) is 7.78. The summed E-state index contributed by atoms with van der Waals surface area (Å²) >= 11 is 21.7. The van der Waals surface area contributed by atoms with E-state index in [-0.39, 0.29) is 0 Å². The van der Waals surface area contributed by atoms with Crippen LogP contribution in [0.2, 0.25) is 0 Å². The maximum Gasteiger partial charge on any atom is 0.0488 e. The van der Waals surface area contributed by atoms with Crippen LogP contribution in [-0.2, 0) is 0 Å². The molecular formula is C11H8S6. The van der Waals surface area contributed by atoms with Crippen molar-refractivity contribution in [3.05, 3.63) is 52.7 Å². The average Bonchev–Trinajstić information content (AvgIpc) is 2.94. The van der Waals surface area contributed by atoms with Gasteiger partial charge >= 0.3 is 0 Å². The maximum absolute atomic E-state index is 4.60. The van der Waals surface area contributed by atoms with E-state index in [4.69, 9.17) is 0 Å². The second-order valence-electron chi connectivity index (χ2n) is 3.62. The molecule has 0 amide bonds. The maximum atomic E-state index is 4.60. The first kappa shape index (κ1) is 12.8. The largest absolute Gasteiger partial charge is 0.142 e. The molecule has 0 nitrogen and oxygen atoms in total. The van der Waals surface area contributed by atoms with E-state index >= 15 is 0 Å². The Morgan fingerprint density at radius 2 is 1.53 bits per heavy atom. The zero-order valence-electron chi connectivity index (χ0n) is 8.47. The highest BCUT2D eigenvalue weighted by molar-refractivity contribution is 8.23. The van der Waals surface area contributed by atoms with Crippen LogP contribution in [0.25, 0.3) is 0 Å². The molecule has 0 radical (unpaired) electrons. The van der Waals surface area contributed by atoms with Crippen molar-refractivity contribution < 1.29 is 0 Å². The molecule has 0 saturated carbocycles. The molecule has 1 aliphatic heterocycles. The first-order valence-electron chi connectivity index (χ1n) is 4.79. The summed E-state index contributed by atoms with van der Waals surface area (Å²) in [6.07, 6.45) is 4.02. The van der Waals surface area contributed by atoms with Crippen LogP contribution in [0.4, 0.5) is 0 Å². The van der Waals surface area contributed by atoms with Gasteiger partial charge in [0.05, 0.1) is 0 Å². The highest BCUT2D eigenvalue weighted by Gasteiger charge is 2.33. The Morgan fingerprint density at radius 1 is 0.824 bits per heavy atom. The summed E-state index contributed by atoms with van der Waals surface area (Å²) < 4.78 is 0. The molecule has 0 aromatic heterocycles. The number of hydrogen-bond donors (Lipinski definition) is 4. The number of thiol groups is 4. The van der Waals surface area contributed by atoms with E-state index in [9.17, 15) is 0 Å². The molecule has 1 heterocycles. The molecule has 0 bridgehead atoms. The Hall–Kier alpha value is 0.800. The normalized spacial score (nSPS) is 28.0. The van der Waals surface area contributed by atoms with Gasteiger partial charge in [-0.3, -0.25) is 0 Å². The Kier molecular flexibility index (Phi) is 3.56. The fraction of sp³-hybridized carbons (Fsp3) is 0.0909. The van der Waals surface area contributed by atoms with Gasteiger partial charge in [-0.2, -0.15) is 0 Å². The van der Waals surface area contributed by atoms with Crippen molar-refractivity contribution in [2.24, 2.45) is 0 Å². The van der Waals surface area contributed by atoms with Gasteiger partial charge < -0.3 is 0 Å². The van der Waals surface area contributed by atoms with Crippen LogP contribution in [0.15, 0.2) is 52.7 Å². The predicted molar refractivity (Wildman–Crippen MR) is 93.2 cm³/mol. The molecule has 0 aromatic carbocycles. The quantitative estimate of drug-likeness (QED) is 0.477. The molecule has 0 atom stereocenters. The monoisotopic (exact) mass is 332 g/mol. The van der Waals surface area contributed by atoms with Gasteiger partial charge in [-0.15, -0.1) is 74.0 Å². The van der Waals surface area contributed by atoms with Crippen LogP contribution in [-0.4, -0.2) is 5.08 Å². The third kappa shape index (κ3) is 1.92. The van der Waals surface area contributed by atoms with Gasteiger partial charge in [-0.25, -0.2) is 0 Å². The molecule has 0 unspecified atom stereocenters. The third-order valence-electron chi connectivity index (χ3n) is 2.69. The molecular weight excluding hydrogens is 325 g/mol. The second kappa shape index (κ2) is 4.72. The standard InChI is InChI=1S/C11H8S6/c12-5-2-1-4(7(5)13)6-8(14)9(15)11-10(6)16-3-17-11/h1-2,12-15H,3H2. The predicted octanol–water partition coefficient (Wildman–Crippen LogP) is 4.66. The molecule has 0 aromatic rings. The fourth-order valence-electron chi connectivity index (χ4n) is 1.88. The zero-order chi connectivity index (χ0) is 12.2. The number of thioether (sulfide) groups is 2. The van der Waals surface area contributed by atoms with Crippen molar-refractivity contribution in [1.82, 2.24) is 0 Å². The Balaban J connectivity index is 2.24. The highest BCUT2D eigenvalue weighted by Crippen LogP contribution is 2.57. The summed E-state index contributed by atoms with van der Waals surface area (Å²) in [5.74, 6) is 0. The highest BCUT2D eigenvalue weighted by atomic mass is 32.2. The lowest BCUT2D eigenvalue weighted by Gasteiger charge is -2.09. The van der Waals surface area contributed by atoms with Crippen molar-refractivity contribution in [3.63, 3.8) is 0 Å². The number of rotatable bonds is 0. The van der Waals surface area contributed by atoms with E-state index in [0.717, 1.165) is 35.9 Å². The summed E-state index contributed by atoms with van der Waals surface area (Å²) in [6.45, 7) is 0. The number of hydrogen-bond acceptors (Lipinski definition) is 6. The molecule has 88 valence electrons. The summed E-state index contributed by atoms with van der Waals surface area (Å²) in [5.41, 5.74) is 2.27. The van der Waals surface area contributed by atoms with Crippen LogP contribution in [0, 0.1) is 0 Å². The fourth-order valence-corrected chi connectivity index (χ4v) is 5.92. The van der Waals surface area contributed by atoms with Gasteiger partial charge in [0.15, 0.2) is 0 Å². The van der Waals surface area contributed by atoms with E-state index in [0.29, 0.717) is 0 Å². The van der Waals surface area contributed by atoms with Crippen LogP contribution in [0.5, 0.6) is 0 Å². The first-order valence-corrected chi connectivity index (χ1v) is 8.55. The van der Waals surface area contributed by atoms with Crippen LogP contribution >= 0.6 is 74.0 Å². The summed E-state index contributed by atoms with van der Waals surface area (Å²) in [4.78, 5) is 6.31. The summed E-state index contributed by atoms with van der Waals surface area (Å²) in [7, 11) is 0. The topological polar surface area (TPSA) is 0 Å². The average molecular weight is 333 g/mol. The smallest absolute Gasteiger partial charge is 0.0488 e. The van der Waals surface area contributed by atoms with Crippen LogP contribution in [0.3, 0.4) is 0 Å². The lowest BCUT2D eigenvalue weighted by molar-refractivity contribution is 1.58. The first-order chi connectivity index (χ1) is 8.11. The van der Waals surface area contributed by atoms with E-state index in [2.05, 4.69) is 56.6 Å². The van der Waals surface area contributed by atoms with Gasteiger partial charge in [-0.1, -0.05) is 6.08 Å². The van der Waals surface area contributed by atoms with Gasteiger partial charge in [0, 0.05) is 40.1 Å². The molecule has 0 N–H and O–H groups in total. The molecule has 0 fully saturated rings. The zero-order valence-corrected chi connectivity index (χ0v) is 13.7. The SMILES string of the molecule is SC1=C(S)C(=C2C(S)=C(S)C3=C2SCS3)C=C1. The summed E-state index contributed by atoms with van der Waals surface area (Å²) in [5, 5.41) is 1.05. The third-order valence-corrected chi connectivity index (χ3v) is 7.41. The van der Waals surface area contributed by atoms with E-state index in [1.807, 2.05) is 29.6 Å². The minimum Gasteiger partial charge on any atom is -0.142 e. The molecule has 3 rings (SSSR count). The molecule has 17 heavy (non-hydrogen) atoms. The van der Waals surface area contributed by atoms with Gasteiger partial charge in [0.2, 0.25) is 0 Å². The van der Waals surface area contributed by atoms with Gasteiger partial charge in [0.25, 0.3) is 0 Å². The molecule has 2 aliphatic carbocycles. The van der Waals surface area contributed by atoms with Gasteiger partial charge in [0.1, 0.15) is 0 Å². The molecule has 0 spiro atoms. The minimum absolute atomic E-state index is 0.905. The molecule has 0 saturated heterocycles. The van der Waals surface area contributed by atoms with Crippen molar-refractivity contribution in [1.29, 1.82) is 0 Å². The molecule has 3 aliphatic rings. The van der Waals surface area contributed by atoms with E-state index in [1.54, 1.807) is 0 Å². The minimum atomic E-state index is 0.905.